The molecule has 1 saturated heterocycles. The summed E-state index contributed by atoms with van der Waals surface area (Å²) in [5.41, 5.74) is 0.315. The molecule has 1 aliphatic rings. The first-order chi connectivity index (χ1) is 10.5. The predicted molar refractivity (Wildman–Crippen MR) is 80.5 cm³/mol. The summed E-state index contributed by atoms with van der Waals surface area (Å²) in [7, 11) is 0. The van der Waals surface area contributed by atoms with E-state index in [4.69, 9.17) is 23.2 Å². The van der Waals surface area contributed by atoms with Gasteiger partial charge in [-0.1, -0.05) is 23.2 Å². The lowest BCUT2D eigenvalue weighted by Gasteiger charge is -2.22. The Kier molecular flexibility index (Phi) is 6.23. The van der Waals surface area contributed by atoms with Gasteiger partial charge in [0.15, 0.2) is 0 Å². The molecule has 1 aromatic rings. The zero-order valence-electron chi connectivity index (χ0n) is 11.7. The van der Waals surface area contributed by atoms with E-state index in [1.54, 1.807) is 0 Å². The fraction of sp³-hybridized carbons (Fsp3) is 0.500. The molecule has 122 valence electrons. The zero-order valence-corrected chi connectivity index (χ0v) is 13.2. The zero-order chi connectivity index (χ0) is 16.1. The van der Waals surface area contributed by atoms with Gasteiger partial charge in [0.2, 0.25) is 5.91 Å². The second-order valence-electron chi connectivity index (χ2n) is 5.02. The van der Waals surface area contributed by atoms with Crippen LogP contribution in [-0.2, 0) is 11.3 Å². The number of carbonyl (C=O) groups is 1. The van der Waals surface area contributed by atoms with Gasteiger partial charge in [0, 0.05) is 23.7 Å². The molecule has 2 rings (SSSR count). The molecular weight excluding hydrogens is 337 g/mol. The van der Waals surface area contributed by atoms with Gasteiger partial charge in [-0.25, -0.2) is 0 Å². The molecule has 1 fully saturated rings. The minimum Gasteiger partial charge on any atom is -0.433 e. The van der Waals surface area contributed by atoms with Gasteiger partial charge in [-0.05, 0) is 31.5 Å². The highest BCUT2D eigenvalue weighted by Gasteiger charge is 2.21. The van der Waals surface area contributed by atoms with E-state index < -0.39 is 6.61 Å². The normalized spacial score (nSPS) is 18.3. The van der Waals surface area contributed by atoms with Crippen molar-refractivity contribution < 1.29 is 18.3 Å². The standard InChI is InChI=1S/C14H16Cl2F2N2O2/c15-10-4-9(12(11(16)5-10)22-14(17)18)7-20-13(21)8-2-1-3-19-6-8/h4-5,8,14,19H,1-3,6-7H2,(H,20,21). The van der Waals surface area contributed by atoms with E-state index in [9.17, 15) is 13.6 Å². The van der Waals surface area contributed by atoms with Crippen LogP contribution in [0.15, 0.2) is 12.1 Å². The molecule has 22 heavy (non-hydrogen) atoms. The number of rotatable bonds is 5. The number of halogens is 4. The largest absolute Gasteiger partial charge is 0.433 e. The van der Waals surface area contributed by atoms with Gasteiger partial charge >= 0.3 is 6.61 Å². The summed E-state index contributed by atoms with van der Waals surface area (Å²) in [4.78, 5) is 12.1. The minimum absolute atomic E-state index is 0.0172. The van der Waals surface area contributed by atoms with Crippen LogP contribution in [0, 0.1) is 5.92 Å². The van der Waals surface area contributed by atoms with E-state index in [2.05, 4.69) is 15.4 Å². The summed E-state index contributed by atoms with van der Waals surface area (Å²) in [5.74, 6) is -0.419. The molecule has 0 bridgehead atoms. The third-order valence-corrected chi connectivity index (χ3v) is 3.91. The molecule has 0 saturated carbocycles. The van der Waals surface area contributed by atoms with Crippen LogP contribution in [0.1, 0.15) is 18.4 Å². The number of benzene rings is 1. The Bertz CT molecular complexity index is 538. The highest BCUT2D eigenvalue weighted by Crippen LogP contribution is 2.33. The summed E-state index contributed by atoms with van der Waals surface area (Å²) >= 11 is 11.7. The Hall–Kier alpha value is -1.11. The van der Waals surface area contributed by atoms with E-state index in [0.717, 1.165) is 19.4 Å². The molecule has 0 aliphatic carbocycles. The number of piperidine rings is 1. The number of hydrogen-bond acceptors (Lipinski definition) is 3. The summed E-state index contributed by atoms with van der Waals surface area (Å²) in [6.07, 6.45) is 1.73. The van der Waals surface area contributed by atoms with E-state index in [0.29, 0.717) is 12.1 Å². The molecule has 1 atom stereocenters. The Morgan fingerprint density at radius 3 is 2.86 bits per heavy atom. The van der Waals surface area contributed by atoms with Crippen molar-refractivity contribution in [3.63, 3.8) is 0 Å². The van der Waals surface area contributed by atoms with Crippen LogP contribution in [-0.4, -0.2) is 25.6 Å². The van der Waals surface area contributed by atoms with Crippen molar-refractivity contribution in [3.8, 4) is 5.75 Å². The monoisotopic (exact) mass is 352 g/mol. The van der Waals surface area contributed by atoms with Crippen LogP contribution in [0.4, 0.5) is 8.78 Å². The summed E-state index contributed by atoms with van der Waals surface area (Å²) in [6.45, 7) is -1.46. The maximum absolute atomic E-state index is 12.5. The van der Waals surface area contributed by atoms with Crippen LogP contribution < -0.4 is 15.4 Å². The van der Waals surface area contributed by atoms with Crippen molar-refractivity contribution >= 4 is 29.1 Å². The molecule has 0 aromatic heterocycles. The average molecular weight is 353 g/mol. The number of hydrogen-bond donors (Lipinski definition) is 2. The number of ether oxygens (including phenoxy) is 1. The van der Waals surface area contributed by atoms with E-state index in [1.807, 2.05) is 0 Å². The fourth-order valence-electron chi connectivity index (χ4n) is 2.37. The summed E-state index contributed by atoms with van der Waals surface area (Å²) in [5, 5.41) is 6.13. The van der Waals surface area contributed by atoms with Gasteiger partial charge in [0.05, 0.1) is 10.9 Å². The molecule has 1 aliphatic heterocycles. The SMILES string of the molecule is O=C(NCc1cc(Cl)cc(Cl)c1OC(F)F)C1CCCNC1. The number of nitrogens with one attached hydrogen (secondary N) is 2. The Morgan fingerprint density at radius 2 is 2.23 bits per heavy atom. The topological polar surface area (TPSA) is 50.4 Å². The third kappa shape index (κ3) is 4.69. The van der Waals surface area contributed by atoms with Crippen molar-refractivity contribution in [1.82, 2.24) is 10.6 Å². The Morgan fingerprint density at radius 1 is 1.45 bits per heavy atom. The van der Waals surface area contributed by atoms with Gasteiger partial charge in [0.1, 0.15) is 5.75 Å². The van der Waals surface area contributed by atoms with Crippen LogP contribution in [0.3, 0.4) is 0 Å². The molecule has 1 aromatic carbocycles. The summed E-state index contributed by atoms with van der Waals surface area (Å²) < 4.78 is 29.3. The molecule has 0 spiro atoms. The lowest BCUT2D eigenvalue weighted by molar-refractivity contribution is -0.125. The molecule has 1 heterocycles. The predicted octanol–water partition coefficient (Wildman–Crippen LogP) is 3.21. The molecule has 0 radical (unpaired) electrons. The quantitative estimate of drug-likeness (QED) is 0.855. The van der Waals surface area contributed by atoms with Gasteiger partial charge in [-0.15, -0.1) is 0 Å². The van der Waals surface area contributed by atoms with Crippen LogP contribution in [0.5, 0.6) is 5.75 Å². The lowest BCUT2D eigenvalue weighted by atomic mass is 9.99. The first-order valence-corrected chi connectivity index (χ1v) is 7.64. The maximum atomic E-state index is 12.5. The lowest BCUT2D eigenvalue weighted by Crippen LogP contribution is -2.40. The van der Waals surface area contributed by atoms with Crippen LogP contribution in [0.25, 0.3) is 0 Å². The van der Waals surface area contributed by atoms with E-state index in [1.165, 1.54) is 12.1 Å². The average Bonchev–Trinajstić information content (AvgIpc) is 2.48. The van der Waals surface area contributed by atoms with Crippen molar-refractivity contribution in [2.24, 2.45) is 5.92 Å². The number of alkyl halides is 2. The molecule has 8 heteroatoms. The highest BCUT2D eigenvalue weighted by atomic mass is 35.5. The van der Waals surface area contributed by atoms with Crippen LogP contribution in [0.2, 0.25) is 10.0 Å². The first kappa shape index (κ1) is 17.2. The summed E-state index contributed by atoms with van der Waals surface area (Å²) in [6, 6.07) is 2.77. The Labute approximate surface area is 137 Å². The Balaban J connectivity index is 2.06. The second-order valence-corrected chi connectivity index (χ2v) is 5.86. The van der Waals surface area contributed by atoms with E-state index >= 15 is 0 Å². The minimum atomic E-state index is -3.00. The molecular formula is C14H16Cl2F2N2O2. The first-order valence-electron chi connectivity index (χ1n) is 6.88. The van der Waals surface area contributed by atoms with Gasteiger partial charge < -0.3 is 15.4 Å². The number of carbonyl (C=O) groups excluding carboxylic acids is 1. The van der Waals surface area contributed by atoms with Crippen molar-refractivity contribution in [2.45, 2.75) is 26.0 Å². The third-order valence-electron chi connectivity index (χ3n) is 3.41. The highest BCUT2D eigenvalue weighted by molar-refractivity contribution is 6.35. The van der Waals surface area contributed by atoms with Crippen molar-refractivity contribution in [1.29, 1.82) is 0 Å². The number of amides is 1. The van der Waals surface area contributed by atoms with Crippen molar-refractivity contribution in [2.75, 3.05) is 13.1 Å². The van der Waals surface area contributed by atoms with Gasteiger partial charge in [-0.3, -0.25) is 4.79 Å². The molecule has 1 unspecified atom stereocenters. The second kappa shape index (κ2) is 7.94. The smallest absolute Gasteiger partial charge is 0.387 e. The van der Waals surface area contributed by atoms with Gasteiger partial charge in [-0.2, -0.15) is 8.78 Å². The van der Waals surface area contributed by atoms with Gasteiger partial charge in [0.25, 0.3) is 0 Å². The van der Waals surface area contributed by atoms with Crippen molar-refractivity contribution in [3.05, 3.63) is 27.7 Å². The molecule has 2 N–H and O–H groups in total. The fourth-order valence-corrected chi connectivity index (χ4v) is 2.95. The maximum Gasteiger partial charge on any atom is 0.387 e. The molecule has 4 nitrogen and oxygen atoms in total. The van der Waals surface area contributed by atoms with E-state index in [-0.39, 0.29) is 34.2 Å². The molecule has 1 amide bonds. The van der Waals surface area contributed by atoms with Crippen LogP contribution >= 0.6 is 23.2 Å².